The van der Waals surface area contributed by atoms with Crippen LogP contribution in [0.15, 0.2) is 43.0 Å². The molecule has 2 atom stereocenters. The van der Waals surface area contributed by atoms with Crippen molar-refractivity contribution in [3.05, 3.63) is 43.0 Å². The molecule has 0 bridgehead atoms. The molecule has 0 spiro atoms. The van der Waals surface area contributed by atoms with Crippen LogP contribution in [-0.4, -0.2) is 21.5 Å². The Hall–Kier alpha value is -2.14. The highest BCUT2D eigenvalue weighted by atomic mass is 16.1. The average Bonchev–Trinajstić information content (AvgIpc) is 2.91. The summed E-state index contributed by atoms with van der Waals surface area (Å²) in [7, 11) is 0. The van der Waals surface area contributed by atoms with Gasteiger partial charge in [-0.25, -0.2) is 4.98 Å². The third kappa shape index (κ3) is 3.20. The summed E-state index contributed by atoms with van der Waals surface area (Å²) in [5, 5.41) is 2.87. The first-order valence-electron chi connectivity index (χ1n) is 6.23. The van der Waals surface area contributed by atoms with Gasteiger partial charge < -0.3 is 15.6 Å². The smallest absolute Gasteiger partial charge is 0.228 e. The molecule has 1 aromatic carbocycles. The maximum Gasteiger partial charge on any atom is 0.228 e. The number of imidazole rings is 1. The van der Waals surface area contributed by atoms with Gasteiger partial charge in [-0.3, -0.25) is 4.79 Å². The highest BCUT2D eigenvalue weighted by Gasteiger charge is 2.16. The Labute approximate surface area is 112 Å². The Bertz CT molecular complexity index is 548. The summed E-state index contributed by atoms with van der Waals surface area (Å²) in [4.78, 5) is 15.9. The number of benzene rings is 1. The molecule has 1 aromatic heterocycles. The van der Waals surface area contributed by atoms with Crippen LogP contribution in [0, 0.1) is 5.92 Å². The van der Waals surface area contributed by atoms with Crippen molar-refractivity contribution in [2.24, 2.45) is 11.7 Å². The number of aromatic nitrogens is 2. The first-order valence-corrected chi connectivity index (χ1v) is 6.23. The predicted octanol–water partition coefficient (Wildman–Crippen LogP) is 1.79. The molecule has 0 radical (unpaired) electrons. The van der Waals surface area contributed by atoms with E-state index in [0.717, 1.165) is 11.4 Å². The minimum Gasteiger partial charge on any atom is -0.327 e. The van der Waals surface area contributed by atoms with E-state index in [1.54, 1.807) is 12.5 Å². The van der Waals surface area contributed by atoms with Crippen molar-refractivity contribution in [2.75, 3.05) is 5.32 Å². The van der Waals surface area contributed by atoms with E-state index in [2.05, 4.69) is 10.3 Å². The fourth-order valence-corrected chi connectivity index (χ4v) is 1.65. The Morgan fingerprint density at radius 1 is 1.42 bits per heavy atom. The number of nitrogens with two attached hydrogens (primary N) is 1. The monoisotopic (exact) mass is 258 g/mol. The molecule has 1 heterocycles. The molecule has 100 valence electrons. The second-order valence-corrected chi connectivity index (χ2v) is 4.66. The number of nitrogens with zero attached hydrogens (tertiary/aromatic N) is 2. The molecule has 3 N–H and O–H groups in total. The molecule has 5 heteroatoms. The fourth-order valence-electron chi connectivity index (χ4n) is 1.65. The van der Waals surface area contributed by atoms with Crippen molar-refractivity contribution in [1.82, 2.24) is 9.55 Å². The number of rotatable bonds is 4. The molecule has 0 saturated heterocycles. The maximum atomic E-state index is 11.9. The van der Waals surface area contributed by atoms with Crippen LogP contribution in [-0.2, 0) is 4.79 Å². The van der Waals surface area contributed by atoms with E-state index in [4.69, 9.17) is 5.73 Å². The lowest BCUT2D eigenvalue weighted by Gasteiger charge is -2.15. The Morgan fingerprint density at radius 3 is 2.84 bits per heavy atom. The summed E-state index contributed by atoms with van der Waals surface area (Å²) in [5.41, 5.74) is 7.43. The zero-order valence-electron chi connectivity index (χ0n) is 11.1. The van der Waals surface area contributed by atoms with Gasteiger partial charge in [0.2, 0.25) is 5.91 Å². The summed E-state index contributed by atoms with van der Waals surface area (Å²) in [6, 6.07) is 7.42. The first kappa shape index (κ1) is 13.3. The number of nitrogens with one attached hydrogen (secondary N) is 1. The third-order valence-corrected chi connectivity index (χ3v) is 3.12. The summed E-state index contributed by atoms with van der Waals surface area (Å²) < 4.78 is 1.88. The minimum absolute atomic E-state index is 0.0715. The number of carbonyl (C=O) groups excluding carboxylic acids is 1. The lowest BCUT2D eigenvalue weighted by molar-refractivity contribution is -0.119. The molecule has 0 saturated carbocycles. The SMILES string of the molecule is CC(N)C(C)C(=O)Nc1cccc(-n2ccnc2)c1. The van der Waals surface area contributed by atoms with Crippen molar-refractivity contribution in [3.63, 3.8) is 0 Å². The Kier molecular flexibility index (Phi) is 3.97. The van der Waals surface area contributed by atoms with Gasteiger partial charge in [-0.2, -0.15) is 0 Å². The molecule has 0 aliphatic heterocycles. The van der Waals surface area contributed by atoms with Crippen LogP contribution in [0.4, 0.5) is 5.69 Å². The Balaban J connectivity index is 2.14. The first-order chi connectivity index (χ1) is 9.08. The normalized spacial score (nSPS) is 13.8. The predicted molar refractivity (Wildman–Crippen MR) is 75.0 cm³/mol. The number of carbonyl (C=O) groups is 1. The van der Waals surface area contributed by atoms with E-state index in [1.807, 2.05) is 48.9 Å². The van der Waals surface area contributed by atoms with Gasteiger partial charge in [0.05, 0.1) is 12.2 Å². The highest BCUT2D eigenvalue weighted by Crippen LogP contribution is 2.15. The van der Waals surface area contributed by atoms with Gasteiger partial charge in [0.15, 0.2) is 0 Å². The fraction of sp³-hybridized carbons (Fsp3) is 0.286. The molecule has 5 nitrogen and oxygen atoms in total. The molecule has 0 aliphatic rings. The number of amides is 1. The van der Waals surface area contributed by atoms with Gasteiger partial charge in [0.1, 0.15) is 0 Å². The zero-order chi connectivity index (χ0) is 13.8. The second kappa shape index (κ2) is 5.67. The second-order valence-electron chi connectivity index (χ2n) is 4.66. The van der Waals surface area contributed by atoms with Gasteiger partial charge in [0.25, 0.3) is 0 Å². The molecule has 19 heavy (non-hydrogen) atoms. The van der Waals surface area contributed by atoms with Gasteiger partial charge >= 0.3 is 0 Å². The van der Waals surface area contributed by atoms with E-state index in [1.165, 1.54) is 0 Å². The van der Waals surface area contributed by atoms with Gasteiger partial charge in [-0.15, -0.1) is 0 Å². The van der Waals surface area contributed by atoms with Crippen molar-refractivity contribution in [3.8, 4) is 5.69 Å². The van der Waals surface area contributed by atoms with Crippen LogP contribution in [0.5, 0.6) is 0 Å². The van der Waals surface area contributed by atoms with Crippen molar-refractivity contribution >= 4 is 11.6 Å². The zero-order valence-corrected chi connectivity index (χ0v) is 11.1. The quantitative estimate of drug-likeness (QED) is 0.878. The third-order valence-electron chi connectivity index (χ3n) is 3.12. The van der Waals surface area contributed by atoms with Crippen LogP contribution in [0.3, 0.4) is 0 Å². The van der Waals surface area contributed by atoms with Gasteiger partial charge in [-0.05, 0) is 25.1 Å². The lowest BCUT2D eigenvalue weighted by atomic mass is 10.0. The molecular formula is C14H18N4O. The number of hydrogen-bond donors (Lipinski definition) is 2. The standard InChI is InChI=1S/C14H18N4O/c1-10(11(2)15)14(19)17-12-4-3-5-13(8-12)18-7-6-16-9-18/h3-11H,15H2,1-2H3,(H,17,19). The van der Waals surface area contributed by atoms with Gasteiger partial charge in [-0.1, -0.05) is 13.0 Å². The van der Waals surface area contributed by atoms with Crippen LogP contribution < -0.4 is 11.1 Å². The van der Waals surface area contributed by atoms with Crippen LogP contribution in [0.1, 0.15) is 13.8 Å². The molecular weight excluding hydrogens is 240 g/mol. The van der Waals surface area contributed by atoms with Crippen molar-refractivity contribution in [1.29, 1.82) is 0 Å². The van der Waals surface area contributed by atoms with Crippen molar-refractivity contribution in [2.45, 2.75) is 19.9 Å². The molecule has 2 aromatic rings. The van der Waals surface area contributed by atoms with E-state index in [-0.39, 0.29) is 17.9 Å². The summed E-state index contributed by atoms with van der Waals surface area (Å²) >= 11 is 0. The van der Waals surface area contributed by atoms with E-state index in [9.17, 15) is 4.79 Å². The lowest BCUT2D eigenvalue weighted by Crippen LogP contribution is -2.34. The topological polar surface area (TPSA) is 72.9 Å². The molecule has 2 unspecified atom stereocenters. The van der Waals surface area contributed by atoms with E-state index < -0.39 is 0 Å². The summed E-state index contributed by atoms with van der Waals surface area (Å²) in [6.45, 7) is 3.64. The molecule has 0 aliphatic carbocycles. The summed E-state index contributed by atoms with van der Waals surface area (Å²) in [5.74, 6) is -0.297. The largest absolute Gasteiger partial charge is 0.327 e. The molecule has 0 fully saturated rings. The van der Waals surface area contributed by atoms with E-state index in [0.29, 0.717) is 0 Å². The Morgan fingerprint density at radius 2 is 2.21 bits per heavy atom. The number of anilines is 1. The highest BCUT2D eigenvalue weighted by molar-refractivity contribution is 5.93. The van der Waals surface area contributed by atoms with Gasteiger partial charge in [0, 0.05) is 29.8 Å². The maximum absolute atomic E-state index is 11.9. The number of hydrogen-bond acceptors (Lipinski definition) is 3. The minimum atomic E-state index is -0.225. The van der Waals surface area contributed by atoms with Crippen LogP contribution in [0.2, 0.25) is 0 Å². The average molecular weight is 258 g/mol. The van der Waals surface area contributed by atoms with E-state index >= 15 is 0 Å². The van der Waals surface area contributed by atoms with Crippen LogP contribution >= 0.6 is 0 Å². The molecule has 2 rings (SSSR count). The summed E-state index contributed by atoms with van der Waals surface area (Å²) in [6.07, 6.45) is 5.28. The van der Waals surface area contributed by atoms with Crippen molar-refractivity contribution < 1.29 is 4.79 Å². The van der Waals surface area contributed by atoms with Crippen LogP contribution in [0.25, 0.3) is 5.69 Å². The molecule has 1 amide bonds.